The van der Waals surface area contributed by atoms with Gasteiger partial charge in [0.05, 0.1) is 5.92 Å². The molecule has 106 valence electrons. The van der Waals surface area contributed by atoms with E-state index in [0.29, 0.717) is 6.54 Å². The molecule has 0 saturated carbocycles. The summed E-state index contributed by atoms with van der Waals surface area (Å²) in [6.45, 7) is 4.38. The highest BCUT2D eigenvalue weighted by Gasteiger charge is 2.20. The maximum absolute atomic E-state index is 12.2. The highest BCUT2D eigenvalue weighted by atomic mass is 79.9. The monoisotopic (exact) mass is 334 g/mol. The van der Waals surface area contributed by atoms with Gasteiger partial charge in [-0.05, 0) is 41.0 Å². The highest BCUT2D eigenvalue weighted by molar-refractivity contribution is 9.10. The Balaban J connectivity index is 2.21. The van der Waals surface area contributed by atoms with Crippen molar-refractivity contribution in [2.45, 2.75) is 13.8 Å². The summed E-state index contributed by atoms with van der Waals surface area (Å²) in [7, 11) is 0. The zero-order valence-corrected chi connectivity index (χ0v) is 13.3. The topological polar surface area (TPSA) is 55.1 Å². The Bertz CT molecular complexity index is 625. The Hall–Kier alpha value is -1.39. The molecule has 2 rings (SSSR count). The number of amides is 1. The first kappa shape index (κ1) is 15.0. The smallest absolute Gasteiger partial charge is 0.229 e. The standard InChI is InChI=1S/C16H19BrN2O/c1-10(2)15(9-18)16(20)19-14-6-4-11-7-13(17)5-3-12(11)8-14/h3-8,10,15H,9,18H2,1-2H3,(H,19,20). The molecule has 2 aromatic rings. The summed E-state index contributed by atoms with van der Waals surface area (Å²) >= 11 is 3.45. The normalized spacial score (nSPS) is 12.7. The minimum absolute atomic E-state index is 0.0149. The summed E-state index contributed by atoms with van der Waals surface area (Å²) in [4.78, 5) is 12.2. The van der Waals surface area contributed by atoms with Crippen LogP contribution in [0.5, 0.6) is 0 Å². The van der Waals surface area contributed by atoms with Gasteiger partial charge in [0.2, 0.25) is 5.91 Å². The van der Waals surface area contributed by atoms with Crippen LogP contribution < -0.4 is 11.1 Å². The number of nitrogens with one attached hydrogen (secondary N) is 1. The fourth-order valence-corrected chi connectivity index (χ4v) is 2.59. The van der Waals surface area contributed by atoms with Gasteiger partial charge in [-0.15, -0.1) is 0 Å². The maximum atomic E-state index is 12.2. The van der Waals surface area contributed by atoms with E-state index in [1.807, 2.05) is 44.2 Å². The SMILES string of the molecule is CC(C)C(CN)C(=O)Nc1ccc2cc(Br)ccc2c1. The lowest BCUT2D eigenvalue weighted by Crippen LogP contribution is -2.33. The minimum atomic E-state index is -0.157. The molecule has 0 aliphatic rings. The van der Waals surface area contributed by atoms with Crippen LogP contribution >= 0.6 is 15.9 Å². The van der Waals surface area contributed by atoms with Crippen molar-refractivity contribution in [2.24, 2.45) is 17.6 Å². The number of hydrogen-bond donors (Lipinski definition) is 2. The largest absolute Gasteiger partial charge is 0.330 e. The van der Waals surface area contributed by atoms with Crippen LogP contribution in [0.25, 0.3) is 10.8 Å². The Morgan fingerprint density at radius 1 is 1.20 bits per heavy atom. The second kappa shape index (κ2) is 6.37. The average Bonchev–Trinajstić information content (AvgIpc) is 2.39. The van der Waals surface area contributed by atoms with Gasteiger partial charge in [0.25, 0.3) is 0 Å². The molecule has 0 bridgehead atoms. The molecule has 4 heteroatoms. The van der Waals surface area contributed by atoms with E-state index in [9.17, 15) is 4.79 Å². The predicted octanol–water partition coefficient (Wildman–Crippen LogP) is 3.77. The van der Waals surface area contributed by atoms with Gasteiger partial charge in [0.15, 0.2) is 0 Å². The van der Waals surface area contributed by atoms with Gasteiger partial charge in [0, 0.05) is 16.7 Å². The first-order valence-electron chi connectivity index (χ1n) is 6.71. The molecule has 1 unspecified atom stereocenters. The number of rotatable bonds is 4. The lowest BCUT2D eigenvalue weighted by Gasteiger charge is -2.18. The molecule has 0 radical (unpaired) electrons. The Morgan fingerprint density at radius 2 is 1.85 bits per heavy atom. The lowest BCUT2D eigenvalue weighted by atomic mass is 9.95. The third kappa shape index (κ3) is 3.38. The van der Waals surface area contributed by atoms with Crippen molar-refractivity contribution >= 4 is 38.3 Å². The molecule has 2 aromatic carbocycles. The molecule has 0 aromatic heterocycles. The van der Waals surface area contributed by atoms with Gasteiger partial charge >= 0.3 is 0 Å². The van der Waals surface area contributed by atoms with Crippen molar-refractivity contribution in [3.8, 4) is 0 Å². The van der Waals surface area contributed by atoms with Crippen molar-refractivity contribution < 1.29 is 4.79 Å². The van der Waals surface area contributed by atoms with E-state index < -0.39 is 0 Å². The first-order valence-corrected chi connectivity index (χ1v) is 7.51. The molecule has 0 heterocycles. The molecule has 0 fully saturated rings. The summed E-state index contributed by atoms with van der Waals surface area (Å²) in [5.74, 6) is 0.0611. The Labute approximate surface area is 127 Å². The summed E-state index contributed by atoms with van der Waals surface area (Å²) in [5.41, 5.74) is 6.48. The van der Waals surface area contributed by atoms with Crippen LogP contribution in [-0.4, -0.2) is 12.5 Å². The number of nitrogens with two attached hydrogens (primary N) is 1. The van der Waals surface area contributed by atoms with E-state index >= 15 is 0 Å². The minimum Gasteiger partial charge on any atom is -0.330 e. The van der Waals surface area contributed by atoms with Crippen molar-refractivity contribution in [2.75, 3.05) is 11.9 Å². The summed E-state index contributed by atoms with van der Waals surface area (Å²) in [6, 6.07) is 12.0. The van der Waals surface area contributed by atoms with Crippen LogP contribution in [-0.2, 0) is 4.79 Å². The lowest BCUT2D eigenvalue weighted by molar-refractivity contribution is -0.120. The van der Waals surface area contributed by atoms with E-state index in [4.69, 9.17) is 5.73 Å². The molecular weight excluding hydrogens is 316 g/mol. The van der Waals surface area contributed by atoms with Crippen molar-refractivity contribution in [1.29, 1.82) is 0 Å². The van der Waals surface area contributed by atoms with E-state index in [2.05, 4.69) is 27.3 Å². The van der Waals surface area contributed by atoms with E-state index in [-0.39, 0.29) is 17.7 Å². The molecule has 3 nitrogen and oxygen atoms in total. The zero-order chi connectivity index (χ0) is 14.7. The van der Waals surface area contributed by atoms with Crippen LogP contribution in [0.3, 0.4) is 0 Å². The Morgan fingerprint density at radius 3 is 2.50 bits per heavy atom. The molecule has 0 saturated heterocycles. The molecular formula is C16H19BrN2O. The number of anilines is 1. The van der Waals surface area contributed by atoms with Gasteiger partial charge in [-0.1, -0.05) is 41.9 Å². The van der Waals surface area contributed by atoms with Gasteiger partial charge < -0.3 is 11.1 Å². The third-order valence-corrected chi connectivity index (χ3v) is 3.96. The zero-order valence-electron chi connectivity index (χ0n) is 11.7. The van der Waals surface area contributed by atoms with Crippen LogP contribution in [0.2, 0.25) is 0 Å². The highest BCUT2D eigenvalue weighted by Crippen LogP contribution is 2.23. The molecule has 20 heavy (non-hydrogen) atoms. The Kier molecular flexibility index (Phi) is 4.78. The number of halogens is 1. The molecule has 1 atom stereocenters. The molecule has 0 spiro atoms. The molecule has 1 amide bonds. The first-order chi connectivity index (χ1) is 9.51. The second-order valence-electron chi connectivity index (χ2n) is 5.28. The summed E-state index contributed by atoms with van der Waals surface area (Å²) in [5, 5.41) is 5.18. The van der Waals surface area contributed by atoms with Crippen molar-refractivity contribution in [3.05, 3.63) is 40.9 Å². The number of hydrogen-bond acceptors (Lipinski definition) is 2. The number of carbonyl (C=O) groups is 1. The fourth-order valence-electron chi connectivity index (χ4n) is 2.21. The van der Waals surface area contributed by atoms with Gasteiger partial charge in [-0.3, -0.25) is 4.79 Å². The van der Waals surface area contributed by atoms with Crippen LogP contribution in [0, 0.1) is 11.8 Å². The van der Waals surface area contributed by atoms with Crippen LogP contribution in [0.15, 0.2) is 40.9 Å². The van der Waals surface area contributed by atoms with Gasteiger partial charge in [-0.2, -0.15) is 0 Å². The fraction of sp³-hybridized carbons (Fsp3) is 0.312. The van der Waals surface area contributed by atoms with Crippen molar-refractivity contribution in [3.63, 3.8) is 0 Å². The molecule has 0 aliphatic heterocycles. The van der Waals surface area contributed by atoms with Crippen LogP contribution in [0.4, 0.5) is 5.69 Å². The quantitative estimate of drug-likeness (QED) is 0.894. The average molecular weight is 335 g/mol. The van der Waals surface area contributed by atoms with Gasteiger partial charge in [-0.25, -0.2) is 0 Å². The molecule has 3 N–H and O–H groups in total. The van der Waals surface area contributed by atoms with E-state index in [0.717, 1.165) is 20.9 Å². The number of carbonyl (C=O) groups excluding carboxylic acids is 1. The van der Waals surface area contributed by atoms with Crippen molar-refractivity contribution in [1.82, 2.24) is 0 Å². The predicted molar refractivity (Wildman–Crippen MR) is 87.7 cm³/mol. The third-order valence-electron chi connectivity index (χ3n) is 3.47. The van der Waals surface area contributed by atoms with E-state index in [1.165, 1.54) is 0 Å². The summed E-state index contributed by atoms with van der Waals surface area (Å²) < 4.78 is 1.05. The maximum Gasteiger partial charge on any atom is 0.229 e. The van der Waals surface area contributed by atoms with Gasteiger partial charge in [0.1, 0.15) is 0 Å². The molecule has 0 aliphatic carbocycles. The second-order valence-corrected chi connectivity index (χ2v) is 6.20. The number of fused-ring (bicyclic) bond motifs is 1. The number of benzene rings is 2. The van der Waals surface area contributed by atoms with Crippen LogP contribution in [0.1, 0.15) is 13.8 Å². The summed E-state index contributed by atoms with van der Waals surface area (Å²) in [6.07, 6.45) is 0. The van der Waals surface area contributed by atoms with E-state index in [1.54, 1.807) is 0 Å².